The maximum atomic E-state index is 12.3. The molecule has 1 aromatic rings. The second kappa shape index (κ2) is 5.09. The second-order valence-electron chi connectivity index (χ2n) is 4.95. The molecular formula is C15H15NO4. The minimum atomic E-state index is -0.635. The maximum absolute atomic E-state index is 12.3. The first-order valence-corrected chi connectivity index (χ1v) is 6.65. The first-order chi connectivity index (χ1) is 9.68. The average molecular weight is 273 g/mol. The van der Waals surface area contributed by atoms with Gasteiger partial charge in [0.15, 0.2) is 5.76 Å². The van der Waals surface area contributed by atoms with Crippen LogP contribution < -0.4 is 0 Å². The summed E-state index contributed by atoms with van der Waals surface area (Å²) in [6.45, 7) is 0.865. The third-order valence-electron chi connectivity index (χ3n) is 3.62. The molecule has 104 valence electrons. The van der Waals surface area contributed by atoms with Crippen LogP contribution in [0.5, 0.6) is 0 Å². The fourth-order valence-corrected chi connectivity index (χ4v) is 2.59. The molecule has 0 saturated carbocycles. The van der Waals surface area contributed by atoms with Gasteiger partial charge in [-0.3, -0.25) is 14.5 Å². The van der Waals surface area contributed by atoms with Gasteiger partial charge in [-0.2, -0.15) is 0 Å². The average Bonchev–Trinajstić information content (AvgIpc) is 3.04. The van der Waals surface area contributed by atoms with E-state index in [-0.39, 0.29) is 18.2 Å². The van der Waals surface area contributed by atoms with Crippen molar-refractivity contribution in [1.29, 1.82) is 0 Å². The SMILES string of the molecule is O=C1C(O)=C(c2ccccc2)C(=O)N1CC1CCCO1. The van der Waals surface area contributed by atoms with Crippen LogP contribution in [-0.2, 0) is 14.3 Å². The third kappa shape index (κ3) is 2.10. The number of aliphatic hydroxyl groups excluding tert-OH is 1. The molecule has 3 rings (SSSR count). The van der Waals surface area contributed by atoms with Gasteiger partial charge in [0.05, 0.1) is 18.2 Å². The normalized spacial score (nSPS) is 23.0. The van der Waals surface area contributed by atoms with Crippen LogP contribution in [0.3, 0.4) is 0 Å². The lowest BCUT2D eigenvalue weighted by atomic mass is 10.1. The van der Waals surface area contributed by atoms with Crippen LogP contribution in [0.4, 0.5) is 0 Å². The van der Waals surface area contributed by atoms with Crippen molar-refractivity contribution in [2.45, 2.75) is 18.9 Å². The minimum Gasteiger partial charge on any atom is -0.502 e. The Morgan fingerprint density at radius 1 is 1.20 bits per heavy atom. The van der Waals surface area contributed by atoms with Gasteiger partial charge in [-0.15, -0.1) is 0 Å². The fourth-order valence-electron chi connectivity index (χ4n) is 2.59. The quantitative estimate of drug-likeness (QED) is 0.848. The summed E-state index contributed by atoms with van der Waals surface area (Å²) < 4.78 is 5.44. The van der Waals surface area contributed by atoms with Crippen molar-refractivity contribution in [1.82, 2.24) is 4.90 Å². The highest BCUT2D eigenvalue weighted by Crippen LogP contribution is 2.28. The van der Waals surface area contributed by atoms with E-state index >= 15 is 0 Å². The predicted octanol–water partition coefficient (Wildman–Crippen LogP) is 1.50. The van der Waals surface area contributed by atoms with Crippen LogP contribution in [0.25, 0.3) is 5.57 Å². The molecule has 5 heteroatoms. The Labute approximate surface area is 116 Å². The van der Waals surface area contributed by atoms with Crippen molar-refractivity contribution < 1.29 is 19.4 Å². The molecule has 1 N–H and O–H groups in total. The highest BCUT2D eigenvalue weighted by atomic mass is 16.5. The van der Waals surface area contributed by atoms with Crippen LogP contribution in [0.1, 0.15) is 18.4 Å². The van der Waals surface area contributed by atoms with Crippen LogP contribution in [-0.4, -0.2) is 41.1 Å². The summed E-state index contributed by atoms with van der Waals surface area (Å²) in [6.07, 6.45) is 1.65. The van der Waals surface area contributed by atoms with Crippen molar-refractivity contribution >= 4 is 17.4 Å². The molecule has 0 bridgehead atoms. The number of imide groups is 1. The summed E-state index contributed by atoms with van der Waals surface area (Å²) in [5.74, 6) is -1.56. The highest BCUT2D eigenvalue weighted by molar-refractivity contribution is 6.34. The summed E-state index contributed by atoms with van der Waals surface area (Å²) in [5, 5.41) is 9.95. The van der Waals surface area contributed by atoms with E-state index < -0.39 is 17.6 Å². The van der Waals surface area contributed by atoms with Gasteiger partial charge < -0.3 is 9.84 Å². The lowest BCUT2D eigenvalue weighted by Crippen LogP contribution is -2.38. The van der Waals surface area contributed by atoms with E-state index in [9.17, 15) is 14.7 Å². The summed E-state index contributed by atoms with van der Waals surface area (Å²) in [4.78, 5) is 25.5. The Kier molecular flexibility index (Phi) is 3.28. The zero-order valence-electron chi connectivity index (χ0n) is 10.9. The van der Waals surface area contributed by atoms with Gasteiger partial charge >= 0.3 is 0 Å². The monoisotopic (exact) mass is 273 g/mol. The second-order valence-corrected chi connectivity index (χ2v) is 4.95. The topological polar surface area (TPSA) is 66.8 Å². The number of aliphatic hydroxyl groups is 1. The Morgan fingerprint density at radius 2 is 1.95 bits per heavy atom. The first kappa shape index (κ1) is 12.9. The summed E-state index contributed by atoms with van der Waals surface area (Å²) in [6, 6.07) is 8.73. The van der Waals surface area contributed by atoms with Gasteiger partial charge in [-0.05, 0) is 18.4 Å². The first-order valence-electron chi connectivity index (χ1n) is 6.65. The molecule has 1 atom stereocenters. The standard InChI is InChI=1S/C15H15NO4/c17-13-12(10-5-2-1-3-6-10)14(18)16(15(13)19)9-11-7-4-8-20-11/h1-3,5-6,11,17H,4,7-9H2. The van der Waals surface area contributed by atoms with Crippen molar-refractivity contribution in [2.24, 2.45) is 0 Å². The van der Waals surface area contributed by atoms with Crippen LogP contribution in [0, 0.1) is 0 Å². The van der Waals surface area contributed by atoms with Gasteiger partial charge in [0.25, 0.3) is 11.8 Å². The number of carbonyl (C=O) groups excluding carboxylic acids is 2. The van der Waals surface area contributed by atoms with Crippen molar-refractivity contribution in [3.05, 3.63) is 41.7 Å². The van der Waals surface area contributed by atoms with Gasteiger partial charge in [0.2, 0.25) is 0 Å². The molecule has 2 heterocycles. The molecule has 0 aliphatic carbocycles. The van der Waals surface area contributed by atoms with Crippen LogP contribution in [0.2, 0.25) is 0 Å². The summed E-state index contributed by atoms with van der Waals surface area (Å²) in [5.41, 5.74) is 0.631. The smallest absolute Gasteiger partial charge is 0.296 e. The molecule has 2 amide bonds. The highest BCUT2D eigenvalue weighted by Gasteiger charge is 2.40. The third-order valence-corrected chi connectivity index (χ3v) is 3.62. The number of ether oxygens (including phenoxy) is 1. The van der Waals surface area contributed by atoms with E-state index in [0.29, 0.717) is 12.2 Å². The molecule has 2 aliphatic heterocycles. The molecule has 1 saturated heterocycles. The maximum Gasteiger partial charge on any atom is 0.296 e. The fraction of sp³-hybridized carbons (Fsp3) is 0.333. The Hall–Kier alpha value is -2.14. The Balaban J connectivity index is 1.85. The lowest BCUT2D eigenvalue weighted by Gasteiger charge is -2.18. The Morgan fingerprint density at radius 3 is 2.60 bits per heavy atom. The number of hydrogen-bond acceptors (Lipinski definition) is 4. The van der Waals surface area contributed by atoms with E-state index in [4.69, 9.17) is 4.74 Å². The number of benzene rings is 1. The number of nitrogens with zero attached hydrogens (tertiary/aromatic N) is 1. The van der Waals surface area contributed by atoms with Crippen LogP contribution in [0.15, 0.2) is 36.1 Å². The largest absolute Gasteiger partial charge is 0.502 e. The molecular weight excluding hydrogens is 258 g/mol. The van der Waals surface area contributed by atoms with E-state index in [1.165, 1.54) is 0 Å². The van der Waals surface area contributed by atoms with Gasteiger partial charge in [-0.1, -0.05) is 30.3 Å². The zero-order chi connectivity index (χ0) is 14.1. The Bertz CT molecular complexity index is 573. The molecule has 1 fully saturated rings. The van der Waals surface area contributed by atoms with E-state index in [1.54, 1.807) is 24.3 Å². The summed E-state index contributed by atoms with van der Waals surface area (Å²) in [7, 11) is 0. The number of amides is 2. The molecule has 1 aromatic carbocycles. The molecule has 1 unspecified atom stereocenters. The number of hydrogen-bond donors (Lipinski definition) is 1. The van der Waals surface area contributed by atoms with Crippen LogP contribution >= 0.6 is 0 Å². The predicted molar refractivity (Wildman–Crippen MR) is 71.7 cm³/mol. The molecule has 2 aliphatic rings. The molecule has 0 radical (unpaired) electrons. The van der Waals surface area contributed by atoms with Gasteiger partial charge in [-0.25, -0.2) is 0 Å². The molecule has 20 heavy (non-hydrogen) atoms. The number of carbonyl (C=O) groups is 2. The number of rotatable bonds is 3. The lowest BCUT2D eigenvalue weighted by molar-refractivity contribution is -0.139. The van der Waals surface area contributed by atoms with Gasteiger partial charge in [0.1, 0.15) is 0 Å². The van der Waals surface area contributed by atoms with Crippen molar-refractivity contribution in [3.8, 4) is 0 Å². The van der Waals surface area contributed by atoms with Crippen molar-refractivity contribution in [3.63, 3.8) is 0 Å². The van der Waals surface area contributed by atoms with E-state index in [0.717, 1.165) is 17.7 Å². The summed E-state index contributed by atoms with van der Waals surface area (Å²) >= 11 is 0. The molecule has 0 spiro atoms. The molecule has 5 nitrogen and oxygen atoms in total. The van der Waals surface area contributed by atoms with E-state index in [1.807, 2.05) is 6.07 Å². The molecule has 0 aromatic heterocycles. The van der Waals surface area contributed by atoms with Gasteiger partial charge in [0, 0.05) is 6.61 Å². The van der Waals surface area contributed by atoms with E-state index in [2.05, 4.69) is 0 Å². The minimum absolute atomic E-state index is 0.0774. The zero-order valence-corrected chi connectivity index (χ0v) is 10.9. The van der Waals surface area contributed by atoms with Crippen molar-refractivity contribution in [2.75, 3.05) is 13.2 Å².